The third-order valence-corrected chi connectivity index (χ3v) is 4.92. The lowest BCUT2D eigenvalue weighted by atomic mass is 9.77. The maximum absolute atomic E-state index is 12.6. The molecule has 2 N–H and O–H groups in total. The van der Waals surface area contributed by atoms with E-state index in [4.69, 9.17) is 0 Å². The van der Waals surface area contributed by atoms with Crippen LogP contribution in [0.5, 0.6) is 0 Å². The van der Waals surface area contributed by atoms with Gasteiger partial charge in [-0.2, -0.15) is 0 Å². The fourth-order valence-electron chi connectivity index (χ4n) is 3.03. The van der Waals surface area contributed by atoms with E-state index in [1.54, 1.807) is 0 Å². The topological polar surface area (TPSA) is 41.1 Å². The predicted molar refractivity (Wildman–Crippen MR) is 90.1 cm³/mol. The Morgan fingerprint density at radius 1 is 1.43 bits per heavy atom. The van der Waals surface area contributed by atoms with Gasteiger partial charge in [0.15, 0.2) is 0 Å². The molecule has 0 aromatic heterocycles. The van der Waals surface area contributed by atoms with Gasteiger partial charge in [0, 0.05) is 4.47 Å². The molecule has 1 saturated heterocycles. The van der Waals surface area contributed by atoms with Gasteiger partial charge < -0.3 is 10.6 Å². The Hall–Kier alpha value is -0.870. The highest BCUT2D eigenvalue weighted by atomic mass is 79.9. The summed E-state index contributed by atoms with van der Waals surface area (Å²) in [6.45, 7) is 7.37. The van der Waals surface area contributed by atoms with Gasteiger partial charge in [0.1, 0.15) is 0 Å². The molecule has 1 aliphatic heterocycles. The Balaban J connectivity index is 2.07. The third kappa shape index (κ3) is 4.07. The summed E-state index contributed by atoms with van der Waals surface area (Å²) in [5.41, 5.74) is 1.17. The van der Waals surface area contributed by atoms with E-state index in [-0.39, 0.29) is 23.4 Å². The molecule has 1 aromatic rings. The van der Waals surface area contributed by atoms with Crippen molar-refractivity contribution in [3.63, 3.8) is 0 Å². The smallest absolute Gasteiger partial charge is 0.238 e. The Morgan fingerprint density at radius 2 is 2.10 bits per heavy atom. The van der Waals surface area contributed by atoms with Gasteiger partial charge in [-0.25, -0.2) is 0 Å². The summed E-state index contributed by atoms with van der Waals surface area (Å²) in [6.07, 6.45) is 3.12. The average Bonchev–Trinajstić information content (AvgIpc) is 2.45. The molecule has 2 atom stereocenters. The van der Waals surface area contributed by atoms with E-state index in [1.807, 2.05) is 12.1 Å². The molecule has 3 nitrogen and oxygen atoms in total. The highest BCUT2D eigenvalue weighted by Crippen LogP contribution is 2.31. The number of nitrogens with one attached hydrogen (secondary N) is 2. The first kappa shape index (κ1) is 16.5. The quantitative estimate of drug-likeness (QED) is 0.865. The number of hydrogen-bond donors (Lipinski definition) is 2. The number of rotatable bonds is 4. The summed E-state index contributed by atoms with van der Waals surface area (Å²) in [4.78, 5) is 12.6. The van der Waals surface area contributed by atoms with Crippen LogP contribution in [0.25, 0.3) is 0 Å². The molecule has 2 rings (SSSR count). The van der Waals surface area contributed by atoms with Crippen LogP contribution in [0, 0.1) is 5.41 Å². The average molecular weight is 353 g/mol. The Morgan fingerprint density at radius 3 is 2.67 bits per heavy atom. The number of halogens is 1. The summed E-state index contributed by atoms with van der Waals surface area (Å²) >= 11 is 3.45. The molecule has 1 aliphatic rings. The maximum Gasteiger partial charge on any atom is 0.238 e. The molecule has 116 valence electrons. The minimum atomic E-state index is -0.101. The minimum Gasteiger partial charge on any atom is -0.348 e. The molecule has 4 heteroatoms. The summed E-state index contributed by atoms with van der Waals surface area (Å²) in [5.74, 6) is 0.120. The predicted octanol–water partition coefficient (Wildman–Crippen LogP) is 3.79. The van der Waals surface area contributed by atoms with E-state index in [9.17, 15) is 4.79 Å². The zero-order valence-corrected chi connectivity index (χ0v) is 14.7. The standard InChI is InChI=1S/C17H25BrN2O/c1-4-14(12-6-8-13(18)9-7-12)20-16(21)15-17(2,3)10-5-11-19-15/h6-9,14-15,19H,4-5,10-11H2,1-3H3,(H,20,21). The van der Waals surface area contributed by atoms with E-state index in [2.05, 4.69) is 59.5 Å². The van der Waals surface area contributed by atoms with Gasteiger partial charge in [0.25, 0.3) is 0 Å². The molecule has 0 radical (unpaired) electrons. The summed E-state index contributed by atoms with van der Waals surface area (Å²) < 4.78 is 1.06. The van der Waals surface area contributed by atoms with Crippen LogP contribution in [-0.4, -0.2) is 18.5 Å². The number of carbonyl (C=O) groups excluding carboxylic acids is 1. The molecule has 1 amide bonds. The Labute approximate surface area is 136 Å². The van der Waals surface area contributed by atoms with Crippen molar-refractivity contribution in [1.29, 1.82) is 0 Å². The van der Waals surface area contributed by atoms with Gasteiger partial charge in [-0.05, 0) is 48.9 Å². The zero-order valence-electron chi connectivity index (χ0n) is 13.1. The molecule has 0 aliphatic carbocycles. The van der Waals surface area contributed by atoms with Crippen molar-refractivity contribution in [2.75, 3.05) is 6.54 Å². The summed E-state index contributed by atoms with van der Waals surface area (Å²) in [5, 5.41) is 6.59. The highest BCUT2D eigenvalue weighted by molar-refractivity contribution is 9.10. The fourth-order valence-corrected chi connectivity index (χ4v) is 3.29. The molecule has 0 spiro atoms. The van der Waals surface area contributed by atoms with Crippen LogP contribution in [0.4, 0.5) is 0 Å². The number of benzene rings is 1. The number of piperidine rings is 1. The van der Waals surface area contributed by atoms with Gasteiger partial charge in [0.05, 0.1) is 12.1 Å². The van der Waals surface area contributed by atoms with Gasteiger partial charge in [0.2, 0.25) is 5.91 Å². The minimum absolute atomic E-state index is 0.0142. The van der Waals surface area contributed by atoms with E-state index < -0.39 is 0 Å². The largest absolute Gasteiger partial charge is 0.348 e. The first-order chi connectivity index (χ1) is 9.94. The second-order valence-corrected chi connectivity index (χ2v) is 7.42. The zero-order chi connectivity index (χ0) is 15.5. The second-order valence-electron chi connectivity index (χ2n) is 6.50. The third-order valence-electron chi connectivity index (χ3n) is 4.39. The first-order valence-corrected chi connectivity index (χ1v) is 8.52. The SMILES string of the molecule is CCC(NC(=O)C1NCCCC1(C)C)c1ccc(Br)cc1. The molecular formula is C17H25BrN2O. The van der Waals surface area contributed by atoms with Crippen molar-refractivity contribution in [2.45, 2.75) is 52.1 Å². The lowest BCUT2D eigenvalue weighted by Gasteiger charge is -2.39. The van der Waals surface area contributed by atoms with Crippen LogP contribution >= 0.6 is 15.9 Å². The van der Waals surface area contributed by atoms with Crippen molar-refractivity contribution in [2.24, 2.45) is 5.41 Å². The molecular weight excluding hydrogens is 328 g/mol. The van der Waals surface area contributed by atoms with E-state index >= 15 is 0 Å². The monoisotopic (exact) mass is 352 g/mol. The molecule has 0 bridgehead atoms. The van der Waals surface area contributed by atoms with Gasteiger partial charge >= 0.3 is 0 Å². The fraction of sp³-hybridized carbons (Fsp3) is 0.588. The second kappa shape index (κ2) is 6.93. The Bertz CT molecular complexity index is 484. The van der Waals surface area contributed by atoms with Crippen LogP contribution in [0.3, 0.4) is 0 Å². The number of hydrogen-bond acceptors (Lipinski definition) is 2. The van der Waals surface area contributed by atoms with Gasteiger partial charge in [-0.1, -0.05) is 48.8 Å². The molecule has 1 fully saturated rings. The molecule has 1 aromatic carbocycles. The number of amides is 1. The van der Waals surface area contributed by atoms with Crippen LogP contribution in [-0.2, 0) is 4.79 Å². The normalized spacial score (nSPS) is 22.6. The highest BCUT2D eigenvalue weighted by Gasteiger charge is 2.37. The maximum atomic E-state index is 12.6. The first-order valence-electron chi connectivity index (χ1n) is 7.73. The van der Waals surface area contributed by atoms with Gasteiger partial charge in [-0.15, -0.1) is 0 Å². The Kier molecular flexibility index (Phi) is 5.44. The van der Waals surface area contributed by atoms with Crippen LogP contribution in [0.2, 0.25) is 0 Å². The van der Waals surface area contributed by atoms with Crippen molar-refractivity contribution in [3.8, 4) is 0 Å². The number of carbonyl (C=O) groups is 1. The van der Waals surface area contributed by atoms with Gasteiger partial charge in [-0.3, -0.25) is 4.79 Å². The molecule has 2 unspecified atom stereocenters. The molecule has 1 heterocycles. The van der Waals surface area contributed by atoms with Crippen LogP contribution in [0.1, 0.15) is 51.6 Å². The van der Waals surface area contributed by atoms with Crippen molar-refractivity contribution in [1.82, 2.24) is 10.6 Å². The van der Waals surface area contributed by atoms with E-state index in [0.29, 0.717) is 0 Å². The van der Waals surface area contributed by atoms with E-state index in [1.165, 1.54) is 0 Å². The van der Waals surface area contributed by atoms with Crippen molar-refractivity contribution in [3.05, 3.63) is 34.3 Å². The molecule has 0 saturated carbocycles. The molecule has 21 heavy (non-hydrogen) atoms. The lowest BCUT2D eigenvalue weighted by molar-refractivity contribution is -0.127. The van der Waals surface area contributed by atoms with Crippen molar-refractivity contribution < 1.29 is 4.79 Å². The summed E-state index contributed by atoms with van der Waals surface area (Å²) in [6, 6.07) is 8.15. The lowest BCUT2D eigenvalue weighted by Crippen LogP contribution is -2.56. The van der Waals surface area contributed by atoms with Crippen LogP contribution in [0.15, 0.2) is 28.7 Å². The van der Waals surface area contributed by atoms with E-state index in [0.717, 1.165) is 35.8 Å². The summed E-state index contributed by atoms with van der Waals surface area (Å²) in [7, 11) is 0. The van der Waals surface area contributed by atoms with Crippen molar-refractivity contribution >= 4 is 21.8 Å². The van der Waals surface area contributed by atoms with Crippen LogP contribution < -0.4 is 10.6 Å².